The third kappa shape index (κ3) is 3.27. The minimum atomic E-state index is -1.54. The summed E-state index contributed by atoms with van der Waals surface area (Å²) < 4.78 is 30.4. The smallest absolute Gasteiger partial charge is 0.330 e. The van der Waals surface area contributed by atoms with E-state index in [1.165, 1.54) is 6.08 Å². The molecule has 3 atom stereocenters. The minimum Gasteiger partial charge on any atom is -0.463 e. The van der Waals surface area contributed by atoms with Crippen LogP contribution in [-0.4, -0.2) is 30.5 Å². The fraction of sp³-hybridized carbons (Fsp3) is 0.700. The molecule has 0 spiro atoms. The van der Waals surface area contributed by atoms with E-state index in [9.17, 15) is 13.6 Å². The molecular weight excluding hydrogens is 204 g/mol. The lowest BCUT2D eigenvalue weighted by Gasteiger charge is -2.17. The second kappa shape index (κ2) is 4.70. The summed E-state index contributed by atoms with van der Waals surface area (Å²) in [5, 5.41) is 0. The predicted octanol–water partition coefficient (Wildman–Crippen LogP) is 1.27. The van der Waals surface area contributed by atoms with Gasteiger partial charge in [-0.05, 0) is 6.92 Å². The van der Waals surface area contributed by atoms with Gasteiger partial charge in [0.2, 0.25) is 0 Å². The Morgan fingerprint density at radius 3 is 2.53 bits per heavy atom. The Morgan fingerprint density at radius 1 is 1.53 bits per heavy atom. The first kappa shape index (κ1) is 12.1. The maximum Gasteiger partial charge on any atom is 0.330 e. The van der Waals surface area contributed by atoms with Gasteiger partial charge in [-0.2, -0.15) is 0 Å². The first-order valence-electron chi connectivity index (χ1n) is 4.90. The van der Waals surface area contributed by atoms with Gasteiger partial charge in [-0.25, -0.2) is 13.6 Å². The van der Waals surface area contributed by atoms with Gasteiger partial charge in [0, 0.05) is 24.5 Å². The van der Waals surface area contributed by atoms with E-state index in [4.69, 9.17) is 5.73 Å². The highest BCUT2D eigenvalue weighted by atomic mass is 19.2. The van der Waals surface area contributed by atoms with Crippen molar-refractivity contribution in [3.8, 4) is 0 Å². The molecule has 0 heterocycles. The van der Waals surface area contributed by atoms with Crippen LogP contribution in [0.2, 0.25) is 0 Å². The zero-order chi connectivity index (χ0) is 11.5. The molecule has 2 N–H and O–H groups in total. The van der Waals surface area contributed by atoms with Crippen molar-refractivity contribution < 1.29 is 18.3 Å². The molecule has 0 bridgehead atoms. The lowest BCUT2D eigenvalue weighted by Crippen LogP contribution is -2.35. The highest BCUT2D eigenvalue weighted by Crippen LogP contribution is 2.33. The van der Waals surface area contributed by atoms with Crippen molar-refractivity contribution in [3.05, 3.63) is 12.2 Å². The Balaban J connectivity index is 2.54. The number of ether oxygens (including phenoxy) is 1. The molecular formula is C10H15F2NO2. The fourth-order valence-corrected chi connectivity index (χ4v) is 1.63. The molecule has 0 saturated heterocycles. The Kier molecular flexibility index (Phi) is 3.79. The van der Waals surface area contributed by atoms with E-state index in [1.54, 1.807) is 6.92 Å². The second-order valence-electron chi connectivity index (χ2n) is 3.76. The van der Waals surface area contributed by atoms with Crippen molar-refractivity contribution in [1.82, 2.24) is 0 Å². The quantitative estimate of drug-likeness (QED) is 0.574. The highest BCUT2D eigenvalue weighted by molar-refractivity contribution is 5.82. The van der Waals surface area contributed by atoms with Crippen LogP contribution in [0.3, 0.4) is 0 Å². The first-order valence-corrected chi connectivity index (χ1v) is 4.90. The zero-order valence-electron chi connectivity index (χ0n) is 8.58. The summed E-state index contributed by atoms with van der Waals surface area (Å²) in [6.07, 6.45) is -0.803. The number of rotatable bonds is 3. The van der Waals surface area contributed by atoms with Crippen molar-refractivity contribution in [2.75, 3.05) is 6.61 Å². The molecule has 1 unspecified atom stereocenters. The summed E-state index contributed by atoms with van der Waals surface area (Å²) in [5.74, 6) is -0.542. The van der Waals surface area contributed by atoms with Crippen molar-refractivity contribution in [3.63, 3.8) is 0 Å². The van der Waals surface area contributed by atoms with Crippen LogP contribution >= 0.6 is 0 Å². The first-order chi connectivity index (χ1) is 6.97. The van der Waals surface area contributed by atoms with E-state index in [2.05, 4.69) is 4.74 Å². The van der Waals surface area contributed by atoms with E-state index in [0.29, 0.717) is 0 Å². The molecule has 1 aliphatic rings. The van der Waals surface area contributed by atoms with Crippen LogP contribution in [0.5, 0.6) is 0 Å². The van der Waals surface area contributed by atoms with Crippen LogP contribution in [0.25, 0.3) is 0 Å². The van der Waals surface area contributed by atoms with E-state index >= 15 is 0 Å². The van der Waals surface area contributed by atoms with Gasteiger partial charge in [0.25, 0.3) is 0 Å². The lowest BCUT2D eigenvalue weighted by molar-refractivity contribution is -0.137. The molecule has 0 aromatic carbocycles. The van der Waals surface area contributed by atoms with E-state index in [1.807, 2.05) is 0 Å². The molecule has 5 heteroatoms. The summed E-state index contributed by atoms with van der Waals surface area (Å²) in [6.45, 7) is 1.94. The molecule has 3 nitrogen and oxygen atoms in total. The summed E-state index contributed by atoms with van der Waals surface area (Å²) in [5.41, 5.74) is 4.65. The van der Waals surface area contributed by atoms with Crippen molar-refractivity contribution in [1.29, 1.82) is 0 Å². The largest absolute Gasteiger partial charge is 0.463 e. The molecule has 0 aliphatic heterocycles. The number of hydrogen-bond donors (Lipinski definition) is 1. The van der Waals surface area contributed by atoms with Crippen molar-refractivity contribution >= 4 is 5.97 Å². The Hall–Kier alpha value is -0.970. The van der Waals surface area contributed by atoms with Gasteiger partial charge in [-0.3, -0.25) is 0 Å². The lowest BCUT2D eigenvalue weighted by atomic mass is 9.98. The molecule has 15 heavy (non-hydrogen) atoms. The van der Waals surface area contributed by atoms with Crippen LogP contribution in [-0.2, 0) is 9.53 Å². The van der Waals surface area contributed by atoms with Gasteiger partial charge in [0.1, 0.15) is 12.3 Å². The number of carbonyl (C=O) groups excluding carboxylic acids is 1. The van der Waals surface area contributed by atoms with Gasteiger partial charge in [-0.15, -0.1) is 0 Å². The molecule has 1 fully saturated rings. The summed E-state index contributed by atoms with van der Waals surface area (Å²) in [7, 11) is 0. The van der Waals surface area contributed by atoms with Gasteiger partial charge in [0.05, 0.1) is 6.61 Å². The van der Waals surface area contributed by atoms with Crippen LogP contribution in [0.1, 0.15) is 19.8 Å². The summed E-state index contributed by atoms with van der Waals surface area (Å²) in [4.78, 5) is 11.0. The third-order valence-electron chi connectivity index (χ3n) is 2.38. The molecule has 0 amide bonds. The fourth-order valence-electron chi connectivity index (χ4n) is 1.63. The monoisotopic (exact) mass is 219 g/mol. The number of alkyl halides is 2. The van der Waals surface area contributed by atoms with Gasteiger partial charge in [-0.1, -0.05) is 6.08 Å². The normalized spacial score (nSPS) is 36.0. The third-order valence-corrected chi connectivity index (χ3v) is 2.38. The minimum absolute atomic E-state index is 0.0932. The molecule has 0 radical (unpaired) electrons. The maximum atomic E-state index is 12.9. The Bertz CT molecular complexity index is 258. The van der Waals surface area contributed by atoms with E-state index < -0.39 is 23.9 Å². The van der Waals surface area contributed by atoms with Crippen molar-refractivity contribution in [2.24, 2.45) is 5.73 Å². The standard InChI is InChI=1S/C10H15F2NO2/c1-2-15-9(14)3-4-10(13)5-7(11)8(12)6-10/h3-4,7-8H,2,5-6,13H2,1H3/b4-3-/t7-,8+,10?. The zero-order valence-corrected chi connectivity index (χ0v) is 8.58. The van der Waals surface area contributed by atoms with Crippen LogP contribution in [0, 0.1) is 0 Å². The number of nitrogens with two attached hydrogens (primary N) is 1. The van der Waals surface area contributed by atoms with E-state index in [-0.39, 0.29) is 19.4 Å². The Labute approximate surface area is 87.3 Å². The number of halogens is 2. The number of carbonyl (C=O) groups is 1. The van der Waals surface area contributed by atoms with Crippen molar-refractivity contribution in [2.45, 2.75) is 37.6 Å². The van der Waals surface area contributed by atoms with Crippen LogP contribution in [0.15, 0.2) is 12.2 Å². The number of esters is 1. The van der Waals surface area contributed by atoms with E-state index in [0.717, 1.165) is 6.08 Å². The highest BCUT2D eigenvalue weighted by Gasteiger charge is 2.42. The SMILES string of the molecule is CCOC(=O)/C=C\C1(N)C[C@@H](F)[C@@H](F)C1. The molecule has 0 aromatic rings. The number of hydrogen-bond acceptors (Lipinski definition) is 3. The van der Waals surface area contributed by atoms with Gasteiger partial charge in [0.15, 0.2) is 0 Å². The Morgan fingerprint density at radius 2 is 2.07 bits per heavy atom. The molecule has 1 aliphatic carbocycles. The summed E-state index contributed by atoms with van der Waals surface area (Å²) in [6, 6.07) is 0. The molecule has 0 aromatic heterocycles. The molecule has 1 saturated carbocycles. The maximum absolute atomic E-state index is 12.9. The van der Waals surface area contributed by atoms with Gasteiger partial charge >= 0.3 is 5.97 Å². The predicted molar refractivity (Wildman–Crippen MR) is 51.7 cm³/mol. The molecule has 86 valence electrons. The van der Waals surface area contributed by atoms with Crippen LogP contribution in [0.4, 0.5) is 8.78 Å². The average Bonchev–Trinajstić information content (AvgIpc) is 2.39. The molecule has 1 rings (SSSR count). The summed E-state index contributed by atoms with van der Waals surface area (Å²) >= 11 is 0. The topological polar surface area (TPSA) is 52.3 Å². The van der Waals surface area contributed by atoms with Gasteiger partial charge < -0.3 is 10.5 Å². The average molecular weight is 219 g/mol. The second-order valence-corrected chi connectivity index (χ2v) is 3.76. The van der Waals surface area contributed by atoms with Crippen LogP contribution < -0.4 is 5.73 Å².